The molecule has 4 aromatic rings. The third kappa shape index (κ3) is 5.84. The molecule has 3 heterocycles. The molecule has 2 aliphatic rings. The number of nitrogens with one attached hydrogen (secondary N) is 1. The first kappa shape index (κ1) is 28.2. The van der Waals surface area contributed by atoms with Crippen LogP contribution >= 0.6 is 11.6 Å². The predicted octanol–water partition coefficient (Wildman–Crippen LogP) is 6.08. The lowest BCUT2D eigenvalue weighted by Gasteiger charge is -2.29. The van der Waals surface area contributed by atoms with Crippen molar-refractivity contribution < 1.29 is 18.3 Å². The molecule has 0 bridgehead atoms. The number of hydrogen-bond acceptors (Lipinski definition) is 5. The second-order valence-corrected chi connectivity index (χ2v) is 11.5. The van der Waals surface area contributed by atoms with Crippen molar-refractivity contribution >= 4 is 28.5 Å². The van der Waals surface area contributed by atoms with Gasteiger partial charge >= 0.3 is 5.69 Å². The topological polar surface area (TPSA) is 91.0 Å². The number of nitrogens with zero attached hydrogens (tertiary/aromatic N) is 4. The average molecular weight is 594 g/mol. The zero-order valence-electron chi connectivity index (χ0n) is 22.9. The van der Waals surface area contributed by atoms with E-state index in [-0.39, 0.29) is 34.3 Å². The smallest absolute Gasteiger partial charge is 0.334 e. The molecule has 1 N–H and O–H groups in total. The number of pyridine rings is 2. The summed E-state index contributed by atoms with van der Waals surface area (Å²) in [6.07, 6.45) is 7.33. The molecule has 0 atom stereocenters. The van der Waals surface area contributed by atoms with Crippen LogP contribution < -0.4 is 15.7 Å². The predicted molar refractivity (Wildman–Crippen MR) is 153 cm³/mol. The molecule has 1 amide bonds. The third-order valence-electron chi connectivity index (χ3n) is 8.22. The standard InChI is InChI=1S/C31H30ClF2N5O3/c32-20-15-24(28(29(33)34)36-16-20)30(40)37-21-11-9-19(10-12-21)18-38-25-7-3-4-8-26(25)39(31(38)41)22-13-14-27(35-17-22)42-23-5-1-2-6-23/h4,8,13-17,19,21,23,29H,1-2,5-6,9-12,18H2,(H,37,40)/t19-,21-. The summed E-state index contributed by atoms with van der Waals surface area (Å²) >= 11 is 5.91. The molecular weight excluding hydrogens is 564 g/mol. The molecule has 11 heteroatoms. The number of amides is 1. The Labute approximate surface area is 246 Å². The number of ether oxygens (including phenoxy) is 1. The van der Waals surface area contributed by atoms with Gasteiger partial charge in [-0.2, -0.15) is 0 Å². The maximum atomic E-state index is 13.7. The first-order valence-corrected chi connectivity index (χ1v) is 14.7. The molecule has 0 unspecified atom stereocenters. The minimum atomic E-state index is -2.88. The van der Waals surface area contributed by atoms with Crippen LogP contribution in [0.3, 0.4) is 0 Å². The van der Waals surface area contributed by atoms with E-state index in [4.69, 9.17) is 16.3 Å². The number of imidazole rings is 1. The molecule has 6 rings (SSSR count). The SMILES string of the molecule is O=C(N[C@H]1CC[C@H](Cn2c(=O)n(-c3ccc(OC4CCCC4)nc3)c3ccc#cc32)CC1)c1cc(Cl)cnc1C(F)F. The van der Waals surface area contributed by atoms with Crippen LogP contribution in [0.25, 0.3) is 16.7 Å². The van der Waals surface area contributed by atoms with Crippen molar-refractivity contribution in [1.29, 1.82) is 0 Å². The molecule has 0 spiro atoms. The van der Waals surface area contributed by atoms with Gasteiger partial charge in [-0.3, -0.25) is 18.9 Å². The number of halogens is 3. The van der Waals surface area contributed by atoms with Crippen molar-refractivity contribution in [2.75, 3.05) is 0 Å². The van der Waals surface area contributed by atoms with Crippen LogP contribution in [0.2, 0.25) is 5.02 Å². The molecule has 2 saturated carbocycles. The van der Waals surface area contributed by atoms with Crippen LogP contribution in [0.4, 0.5) is 8.78 Å². The van der Waals surface area contributed by atoms with Crippen LogP contribution in [0.1, 0.15) is 73.8 Å². The largest absolute Gasteiger partial charge is 0.474 e. The molecule has 8 nitrogen and oxygen atoms in total. The van der Waals surface area contributed by atoms with E-state index in [1.807, 2.05) is 12.1 Å². The number of hydrogen-bond donors (Lipinski definition) is 1. The van der Waals surface area contributed by atoms with Crippen LogP contribution in [0, 0.1) is 18.1 Å². The van der Waals surface area contributed by atoms with Crippen molar-refractivity contribution in [3.63, 3.8) is 0 Å². The van der Waals surface area contributed by atoms with Gasteiger partial charge in [-0.05, 0) is 87.6 Å². The Morgan fingerprint density at radius 2 is 1.88 bits per heavy atom. The number of carbonyl (C=O) groups is 1. The summed E-state index contributed by atoms with van der Waals surface area (Å²) in [5, 5.41) is 2.99. The second kappa shape index (κ2) is 12.1. The Bertz CT molecular complexity index is 1620. The summed E-state index contributed by atoms with van der Waals surface area (Å²) in [6.45, 7) is 0.488. The van der Waals surface area contributed by atoms with E-state index in [2.05, 4.69) is 27.4 Å². The number of rotatable bonds is 8. The minimum Gasteiger partial charge on any atom is -0.474 e. The number of alkyl halides is 2. The van der Waals surface area contributed by atoms with Gasteiger partial charge in [0.25, 0.3) is 12.3 Å². The molecule has 2 fully saturated rings. The molecule has 0 aliphatic heterocycles. The lowest BCUT2D eigenvalue weighted by molar-refractivity contribution is 0.0904. The van der Waals surface area contributed by atoms with Gasteiger partial charge in [0.05, 0.1) is 28.0 Å². The average Bonchev–Trinajstić information content (AvgIpc) is 3.60. The van der Waals surface area contributed by atoms with E-state index in [0.29, 0.717) is 36.5 Å². The van der Waals surface area contributed by atoms with E-state index in [0.717, 1.165) is 37.4 Å². The summed E-state index contributed by atoms with van der Waals surface area (Å²) in [6, 6.07) is 14.4. The van der Waals surface area contributed by atoms with E-state index < -0.39 is 18.0 Å². The summed E-state index contributed by atoms with van der Waals surface area (Å²) in [4.78, 5) is 34.6. The van der Waals surface area contributed by atoms with Crippen LogP contribution in [-0.4, -0.2) is 37.2 Å². The lowest BCUT2D eigenvalue weighted by atomic mass is 9.85. The third-order valence-corrected chi connectivity index (χ3v) is 8.43. The first-order chi connectivity index (χ1) is 20.4. The first-order valence-electron chi connectivity index (χ1n) is 14.3. The van der Waals surface area contributed by atoms with Crippen LogP contribution in [0.5, 0.6) is 5.88 Å². The van der Waals surface area contributed by atoms with Crippen molar-refractivity contribution in [2.45, 2.75) is 76.5 Å². The Balaban J connectivity index is 1.14. The Morgan fingerprint density at radius 3 is 2.60 bits per heavy atom. The maximum Gasteiger partial charge on any atom is 0.334 e. The maximum absolute atomic E-state index is 13.7. The highest BCUT2D eigenvalue weighted by molar-refractivity contribution is 6.30. The summed E-state index contributed by atoms with van der Waals surface area (Å²) in [5.74, 6) is 0.137. The van der Waals surface area contributed by atoms with Gasteiger partial charge in [0, 0.05) is 24.8 Å². The summed E-state index contributed by atoms with van der Waals surface area (Å²) in [7, 11) is 0. The summed E-state index contributed by atoms with van der Waals surface area (Å²) < 4.78 is 36.1. The van der Waals surface area contributed by atoms with Crippen molar-refractivity contribution in [2.24, 2.45) is 5.92 Å². The van der Waals surface area contributed by atoms with Gasteiger partial charge < -0.3 is 10.1 Å². The molecule has 218 valence electrons. The fourth-order valence-electron chi connectivity index (χ4n) is 6.07. The van der Waals surface area contributed by atoms with Crippen molar-refractivity contribution in [3.8, 4) is 11.6 Å². The van der Waals surface area contributed by atoms with E-state index in [1.165, 1.54) is 18.9 Å². The van der Waals surface area contributed by atoms with Crippen molar-refractivity contribution in [3.05, 3.63) is 81.6 Å². The van der Waals surface area contributed by atoms with E-state index >= 15 is 0 Å². The Morgan fingerprint density at radius 1 is 1.10 bits per heavy atom. The van der Waals surface area contributed by atoms with E-state index in [9.17, 15) is 18.4 Å². The molecule has 3 aromatic heterocycles. The fourth-order valence-corrected chi connectivity index (χ4v) is 6.22. The van der Waals surface area contributed by atoms with Gasteiger partial charge in [0.1, 0.15) is 17.3 Å². The van der Waals surface area contributed by atoms with E-state index in [1.54, 1.807) is 27.5 Å². The zero-order chi connectivity index (χ0) is 29.2. The highest BCUT2D eigenvalue weighted by atomic mass is 35.5. The number of fused-ring (bicyclic) bond motifs is 1. The van der Waals surface area contributed by atoms with Crippen molar-refractivity contribution in [1.82, 2.24) is 24.4 Å². The normalized spacial score (nSPS) is 19.2. The Hall–Kier alpha value is -3.97. The molecule has 0 saturated heterocycles. The van der Waals surface area contributed by atoms with Gasteiger partial charge in [-0.1, -0.05) is 17.7 Å². The number of aromatic nitrogens is 4. The quantitative estimate of drug-likeness (QED) is 0.267. The molecule has 0 radical (unpaired) electrons. The van der Waals surface area contributed by atoms with Gasteiger partial charge in [-0.15, -0.1) is 0 Å². The highest BCUT2D eigenvalue weighted by Gasteiger charge is 2.27. The Kier molecular flexibility index (Phi) is 8.11. The summed E-state index contributed by atoms with van der Waals surface area (Å²) in [5.41, 5.74) is 1.05. The van der Waals surface area contributed by atoms with Gasteiger partial charge in [0.2, 0.25) is 5.88 Å². The minimum absolute atomic E-state index is 0.121. The number of carbonyl (C=O) groups excluding carboxylic acids is 1. The van der Waals surface area contributed by atoms with Crippen LogP contribution in [0.15, 0.2) is 47.5 Å². The fraction of sp³-hybridized carbons (Fsp3) is 0.419. The molecule has 42 heavy (non-hydrogen) atoms. The highest BCUT2D eigenvalue weighted by Crippen LogP contribution is 2.29. The lowest BCUT2D eigenvalue weighted by Crippen LogP contribution is -2.39. The second-order valence-electron chi connectivity index (χ2n) is 11.0. The van der Waals surface area contributed by atoms with Crippen LogP contribution in [-0.2, 0) is 6.54 Å². The molecule has 2 aliphatic carbocycles. The molecule has 1 aromatic carbocycles. The monoisotopic (exact) mass is 593 g/mol. The zero-order valence-corrected chi connectivity index (χ0v) is 23.6. The van der Waals surface area contributed by atoms with Gasteiger partial charge in [-0.25, -0.2) is 18.6 Å². The van der Waals surface area contributed by atoms with Gasteiger partial charge in [0.15, 0.2) is 0 Å². The molecular formula is C31H30ClF2N5O3.